The molecule has 0 aliphatic carbocycles. The topological polar surface area (TPSA) is 13.1 Å². The first kappa shape index (κ1) is 19.8. The van der Waals surface area contributed by atoms with Crippen LogP contribution in [0.2, 0.25) is 0 Å². The minimum Gasteiger partial charge on any atom is -0.441 e. The molecule has 148 valence electrons. The van der Waals surface area contributed by atoms with Crippen molar-refractivity contribution < 1.29 is 8.81 Å². The van der Waals surface area contributed by atoms with E-state index in [4.69, 9.17) is 16.6 Å². The largest absolute Gasteiger partial charge is 0.441 e. The van der Waals surface area contributed by atoms with E-state index in [1.54, 1.807) is 0 Å². The fraction of sp³-hybridized carbons (Fsp3) is 0.269. The Bertz CT molecular complexity index is 1220. The molecule has 1 aromatic heterocycles. The highest BCUT2D eigenvalue weighted by Crippen LogP contribution is 2.33. The smallest absolute Gasteiger partial charge is 0.198 e. The van der Waals surface area contributed by atoms with Gasteiger partial charge in [-0.3, -0.25) is 0 Å². The molecule has 1 heterocycles. The van der Waals surface area contributed by atoms with Crippen molar-refractivity contribution in [3.05, 3.63) is 76.2 Å². The summed E-state index contributed by atoms with van der Waals surface area (Å²) >= 11 is 5.48. The Kier molecular flexibility index (Phi) is 5.77. The summed E-state index contributed by atoms with van der Waals surface area (Å²) in [5.74, 6) is -0.305. The fourth-order valence-corrected chi connectivity index (χ4v) is 4.15. The number of hydrogen-bond donors (Lipinski definition) is 0. The van der Waals surface area contributed by atoms with Crippen molar-refractivity contribution in [1.82, 2.24) is 0 Å². The van der Waals surface area contributed by atoms with Gasteiger partial charge in [-0.2, -0.15) is 0 Å². The standard InChI is InChI=1S/C26H25FOS/c1-3-5-6-7-17-8-10-19(11-9-17)20-13-14-21-22-15-12-18(4-2)24(27)25(22)28-26(29)23(21)16-20/h8-16H,3-7H2,1-2H3. The van der Waals surface area contributed by atoms with Gasteiger partial charge in [0.25, 0.3) is 0 Å². The van der Waals surface area contributed by atoms with Gasteiger partial charge < -0.3 is 4.42 Å². The highest BCUT2D eigenvalue weighted by atomic mass is 32.1. The average molecular weight is 405 g/mol. The molecule has 4 rings (SSSR count). The predicted octanol–water partition coefficient (Wildman–Crippen LogP) is 8.42. The van der Waals surface area contributed by atoms with E-state index in [2.05, 4.69) is 43.3 Å². The zero-order chi connectivity index (χ0) is 20.4. The summed E-state index contributed by atoms with van der Waals surface area (Å²) in [5.41, 5.74) is 4.50. The number of benzene rings is 3. The van der Waals surface area contributed by atoms with Crippen LogP contribution in [0.5, 0.6) is 0 Å². The van der Waals surface area contributed by atoms with Gasteiger partial charge in [0, 0.05) is 10.8 Å². The molecule has 29 heavy (non-hydrogen) atoms. The Labute approximate surface area is 176 Å². The fourth-order valence-electron chi connectivity index (χ4n) is 3.90. The van der Waals surface area contributed by atoms with Crippen molar-refractivity contribution in [2.24, 2.45) is 0 Å². The zero-order valence-electron chi connectivity index (χ0n) is 16.9. The molecule has 3 aromatic carbocycles. The molecule has 1 nitrogen and oxygen atoms in total. The van der Waals surface area contributed by atoms with E-state index in [9.17, 15) is 4.39 Å². The van der Waals surface area contributed by atoms with Crippen molar-refractivity contribution in [2.45, 2.75) is 46.0 Å². The van der Waals surface area contributed by atoms with Crippen LogP contribution in [0.3, 0.4) is 0 Å². The lowest BCUT2D eigenvalue weighted by Gasteiger charge is -2.09. The van der Waals surface area contributed by atoms with Crippen molar-refractivity contribution in [2.75, 3.05) is 0 Å². The third kappa shape index (κ3) is 3.84. The van der Waals surface area contributed by atoms with E-state index in [0.717, 1.165) is 33.7 Å². The normalized spacial score (nSPS) is 11.4. The summed E-state index contributed by atoms with van der Waals surface area (Å²) in [6.07, 6.45) is 5.48. The van der Waals surface area contributed by atoms with Crippen LogP contribution < -0.4 is 0 Å². The van der Waals surface area contributed by atoms with Crippen LogP contribution in [0.4, 0.5) is 4.39 Å². The predicted molar refractivity (Wildman–Crippen MR) is 123 cm³/mol. The lowest BCUT2D eigenvalue weighted by Crippen LogP contribution is -1.91. The molecule has 0 saturated heterocycles. The molecule has 0 saturated carbocycles. The quantitative estimate of drug-likeness (QED) is 0.182. The minimum absolute atomic E-state index is 0.256. The molecule has 0 fully saturated rings. The second kappa shape index (κ2) is 8.46. The van der Waals surface area contributed by atoms with E-state index < -0.39 is 0 Å². The molecule has 0 atom stereocenters. The molecule has 0 aliphatic rings. The van der Waals surface area contributed by atoms with Gasteiger partial charge in [0.1, 0.15) is 0 Å². The van der Waals surface area contributed by atoms with Crippen LogP contribution in [0.1, 0.15) is 44.2 Å². The lowest BCUT2D eigenvalue weighted by atomic mass is 9.98. The van der Waals surface area contributed by atoms with Crippen LogP contribution in [0.15, 0.2) is 59.0 Å². The molecule has 4 aromatic rings. The lowest BCUT2D eigenvalue weighted by molar-refractivity contribution is 0.540. The Balaban J connectivity index is 1.75. The van der Waals surface area contributed by atoms with E-state index in [-0.39, 0.29) is 11.4 Å². The van der Waals surface area contributed by atoms with Crippen molar-refractivity contribution in [1.29, 1.82) is 0 Å². The molecule has 0 aliphatic heterocycles. The molecule has 3 heteroatoms. The average Bonchev–Trinajstić information content (AvgIpc) is 2.75. The van der Waals surface area contributed by atoms with E-state index in [1.165, 1.54) is 24.8 Å². The van der Waals surface area contributed by atoms with E-state index in [0.29, 0.717) is 16.7 Å². The van der Waals surface area contributed by atoms with Crippen LogP contribution in [0.25, 0.3) is 32.9 Å². The number of aryl methyl sites for hydroxylation is 2. The zero-order valence-corrected chi connectivity index (χ0v) is 17.7. The second-order valence-electron chi connectivity index (χ2n) is 7.57. The van der Waals surface area contributed by atoms with Gasteiger partial charge in [0.15, 0.2) is 16.1 Å². The summed E-state index contributed by atoms with van der Waals surface area (Å²) in [7, 11) is 0. The van der Waals surface area contributed by atoms with Crippen molar-refractivity contribution >= 4 is 34.0 Å². The summed E-state index contributed by atoms with van der Waals surface area (Å²) in [6, 6.07) is 18.7. The summed E-state index contributed by atoms with van der Waals surface area (Å²) < 4.78 is 20.8. The maximum atomic E-state index is 14.7. The second-order valence-corrected chi connectivity index (χ2v) is 7.94. The molecule has 0 unspecified atom stereocenters. The van der Waals surface area contributed by atoms with Crippen molar-refractivity contribution in [3.63, 3.8) is 0 Å². The van der Waals surface area contributed by atoms with Gasteiger partial charge >= 0.3 is 0 Å². The first-order valence-corrected chi connectivity index (χ1v) is 10.8. The third-order valence-electron chi connectivity index (χ3n) is 5.64. The number of unbranched alkanes of at least 4 members (excludes halogenated alkanes) is 2. The van der Waals surface area contributed by atoms with Crippen LogP contribution in [0, 0.1) is 10.5 Å². The summed E-state index contributed by atoms with van der Waals surface area (Å²) in [6.45, 7) is 4.16. The van der Waals surface area contributed by atoms with Gasteiger partial charge in [-0.1, -0.05) is 75.2 Å². The summed E-state index contributed by atoms with van der Waals surface area (Å²) in [5, 5.41) is 2.54. The van der Waals surface area contributed by atoms with Gasteiger partial charge in [0.2, 0.25) is 0 Å². The minimum atomic E-state index is -0.305. The Morgan fingerprint density at radius 2 is 1.55 bits per heavy atom. The number of fused-ring (bicyclic) bond motifs is 3. The number of halogens is 1. The Morgan fingerprint density at radius 1 is 0.828 bits per heavy atom. The van der Waals surface area contributed by atoms with Gasteiger partial charge in [-0.25, -0.2) is 4.39 Å². The van der Waals surface area contributed by atoms with Crippen molar-refractivity contribution in [3.8, 4) is 11.1 Å². The molecule has 0 N–H and O–H groups in total. The Morgan fingerprint density at radius 3 is 2.28 bits per heavy atom. The van der Waals surface area contributed by atoms with E-state index >= 15 is 0 Å². The first-order valence-electron chi connectivity index (χ1n) is 10.4. The maximum absolute atomic E-state index is 14.7. The molecule has 0 bridgehead atoms. The van der Waals surface area contributed by atoms with Crippen LogP contribution >= 0.6 is 12.2 Å². The van der Waals surface area contributed by atoms with Gasteiger partial charge in [0.05, 0.1) is 0 Å². The SMILES string of the molecule is CCCCCc1ccc(-c2ccc3c(c2)c(=S)oc2c(F)c(CC)ccc23)cc1. The first-order chi connectivity index (χ1) is 14.1. The molecule has 0 spiro atoms. The molecule has 0 amide bonds. The molecular weight excluding hydrogens is 379 g/mol. The molecule has 0 radical (unpaired) electrons. The van der Waals surface area contributed by atoms with Crippen LogP contribution in [-0.4, -0.2) is 0 Å². The molecular formula is C26H25FOS. The number of hydrogen-bond acceptors (Lipinski definition) is 2. The van der Waals surface area contributed by atoms with Gasteiger partial charge in [-0.15, -0.1) is 0 Å². The highest BCUT2D eigenvalue weighted by molar-refractivity contribution is 7.71. The maximum Gasteiger partial charge on any atom is 0.198 e. The Hall–Kier alpha value is -2.52. The van der Waals surface area contributed by atoms with Crippen LogP contribution in [-0.2, 0) is 12.8 Å². The monoisotopic (exact) mass is 404 g/mol. The highest BCUT2D eigenvalue weighted by Gasteiger charge is 2.13. The van der Waals surface area contributed by atoms with E-state index in [1.807, 2.05) is 25.1 Å². The third-order valence-corrected chi connectivity index (χ3v) is 5.94. The van der Waals surface area contributed by atoms with Gasteiger partial charge in [-0.05, 0) is 65.2 Å². The summed E-state index contributed by atoms with van der Waals surface area (Å²) in [4.78, 5) is 0. The number of rotatable bonds is 6.